The van der Waals surface area contributed by atoms with Gasteiger partial charge in [-0.25, -0.2) is 8.78 Å². The van der Waals surface area contributed by atoms with Crippen molar-refractivity contribution in [2.45, 2.75) is 39.0 Å². The van der Waals surface area contributed by atoms with E-state index in [2.05, 4.69) is 12.2 Å². The lowest BCUT2D eigenvalue weighted by atomic mass is 9.83. The Balaban J connectivity index is 1.75. The molecule has 2 aromatic carbocycles. The number of ketones is 1. The molecular weight excluding hydrogens is 348 g/mol. The molecule has 0 aromatic heterocycles. The molecule has 1 aliphatic rings. The molecule has 1 N–H and O–H groups in total. The van der Waals surface area contributed by atoms with Gasteiger partial charge in [-0.3, -0.25) is 9.59 Å². The fourth-order valence-electron chi connectivity index (χ4n) is 3.71. The molecule has 3 nitrogen and oxygen atoms in total. The average Bonchev–Trinajstić information content (AvgIpc) is 2.95. The zero-order valence-electron chi connectivity index (χ0n) is 15.5. The molecule has 1 amide bonds. The van der Waals surface area contributed by atoms with E-state index in [1.165, 1.54) is 17.7 Å². The van der Waals surface area contributed by atoms with Gasteiger partial charge in [-0.2, -0.15) is 0 Å². The van der Waals surface area contributed by atoms with Crippen LogP contribution in [0.2, 0.25) is 0 Å². The minimum atomic E-state index is -0.751. The SMILES string of the molecule is CCc1ccc(CC(=O)C[C@@H]2C(=O)NC[C@H]2c2c(F)cc(C)cc2F)cc1. The van der Waals surface area contributed by atoms with Crippen LogP contribution in [0.5, 0.6) is 0 Å². The van der Waals surface area contributed by atoms with Gasteiger partial charge in [0.1, 0.15) is 17.4 Å². The topological polar surface area (TPSA) is 46.2 Å². The Morgan fingerprint density at radius 2 is 1.70 bits per heavy atom. The van der Waals surface area contributed by atoms with Gasteiger partial charge in [0, 0.05) is 30.9 Å². The summed E-state index contributed by atoms with van der Waals surface area (Å²) < 4.78 is 28.7. The number of carbonyl (C=O) groups excluding carboxylic acids is 2. The third-order valence-corrected chi connectivity index (χ3v) is 5.19. The van der Waals surface area contributed by atoms with E-state index in [9.17, 15) is 18.4 Å². The van der Waals surface area contributed by atoms with E-state index < -0.39 is 23.5 Å². The Morgan fingerprint density at radius 3 is 2.30 bits per heavy atom. The number of hydrogen-bond donors (Lipinski definition) is 1. The normalized spacial score (nSPS) is 19.2. The number of halogens is 2. The summed E-state index contributed by atoms with van der Waals surface area (Å²) in [6, 6.07) is 10.3. The van der Waals surface area contributed by atoms with E-state index >= 15 is 0 Å². The summed E-state index contributed by atoms with van der Waals surface area (Å²) in [4.78, 5) is 24.7. The van der Waals surface area contributed by atoms with Gasteiger partial charge in [0.05, 0.1) is 5.92 Å². The second-order valence-electron chi connectivity index (χ2n) is 7.19. The van der Waals surface area contributed by atoms with Crippen molar-refractivity contribution in [3.8, 4) is 0 Å². The van der Waals surface area contributed by atoms with Gasteiger partial charge in [-0.05, 0) is 42.2 Å². The van der Waals surface area contributed by atoms with Gasteiger partial charge in [0.2, 0.25) is 5.91 Å². The molecule has 0 unspecified atom stereocenters. The molecule has 0 spiro atoms. The zero-order chi connectivity index (χ0) is 19.6. The highest BCUT2D eigenvalue weighted by atomic mass is 19.1. The molecule has 1 fully saturated rings. The molecule has 142 valence electrons. The molecule has 2 atom stereocenters. The Labute approximate surface area is 157 Å². The van der Waals surface area contributed by atoms with Gasteiger partial charge in [-0.1, -0.05) is 31.2 Å². The van der Waals surface area contributed by atoms with Crippen molar-refractivity contribution in [1.82, 2.24) is 5.32 Å². The smallest absolute Gasteiger partial charge is 0.224 e. The van der Waals surface area contributed by atoms with Crippen molar-refractivity contribution in [2.24, 2.45) is 5.92 Å². The predicted octanol–water partition coefficient (Wildman–Crippen LogP) is 3.87. The van der Waals surface area contributed by atoms with Gasteiger partial charge in [-0.15, -0.1) is 0 Å². The molecule has 0 saturated carbocycles. The van der Waals surface area contributed by atoms with E-state index in [0.29, 0.717) is 5.56 Å². The lowest BCUT2D eigenvalue weighted by Gasteiger charge is -2.18. The van der Waals surface area contributed by atoms with Crippen LogP contribution in [0, 0.1) is 24.5 Å². The Bertz CT molecular complexity index is 838. The van der Waals surface area contributed by atoms with Crippen LogP contribution in [-0.4, -0.2) is 18.2 Å². The second-order valence-corrected chi connectivity index (χ2v) is 7.19. The zero-order valence-corrected chi connectivity index (χ0v) is 15.5. The fraction of sp³-hybridized carbons (Fsp3) is 0.364. The van der Waals surface area contributed by atoms with E-state index in [-0.39, 0.29) is 36.6 Å². The highest BCUT2D eigenvalue weighted by molar-refractivity contribution is 5.90. The molecule has 2 aromatic rings. The van der Waals surface area contributed by atoms with Gasteiger partial charge < -0.3 is 5.32 Å². The lowest BCUT2D eigenvalue weighted by molar-refractivity contribution is -0.127. The number of carbonyl (C=O) groups is 2. The summed E-state index contributed by atoms with van der Waals surface area (Å²) in [6.07, 6.45) is 1.10. The van der Waals surface area contributed by atoms with Crippen molar-refractivity contribution >= 4 is 11.7 Å². The third kappa shape index (κ3) is 4.24. The van der Waals surface area contributed by atoms with Gasteiger partial charge in [0.25, 0.3) is 0 Å². The molecule has 5 heteroatoms. The van der Waals surface area contributed by atoms with Crippen molar-refractivity contribution in [2.75, 3.05) is 6.54 Å². The molecule has 1 heterocycles. The Kier molecular flexibility index (Phi) is 5.68. The number of Topliss-reactive ketones (excluding diaryl/α,β-unsaturated/α-hetero) is 1. The summed E-state index contributed by atoms with van der Waals surface area (Å²) in [5.74, 6) is -3.19. The van der Waals surface area contributed by atoms with Crippen molar-refractivity contribution in [3.05, 3.63) is 70.3 Å². The molecule has 27 heavy (non-hydrogen) atoms. The maximum atomic E-state index is 14.4. The van der Waals surface area contributed by atoms with E-state index in [1.807, 2.05) is 24.3 Å². The summed E-state index contributed by atoms with van der Waals surface area (Å²) in [5, 5.41) is 2.65. The molecular formula is C22H23F2NO2. The van der Waals surface area contributed by atoms with Gasteiger partial charge in [0.15, 0.2) is 0 Å². The van der Waals surface area contributed by atoms with Crippen LogP contribution >= 0.6 is 0 Å². The number of hydrogen-bond acceptors (Lipinski definition) is 2. The van der Waals surface area contributed by atoms with Crippen LogP contribution in [0.15, 0.2) is 36.4 Å². The first-order valence-corrected chi connectivity index (χ1v) is 9.21. The number of nitrogens with one attached hydrogen (secondary N) is 1. The predicted molar refractivity (Wildman–Crippen MR) is 99.5 cm³/mol. The second kappa shape index (κ2) is 7.99. The lowest BCUT2D eigenvalue weighted by Crippen LogP contribution is -2.23. The van der Waals surface area contributed by atoms with E-state index in [0.717, 1.165) is 12.0 Å². The Morgan fingerprint density at radius 1 is 1.11 bits per heavy atom. The highest BCUT2D eigenvalue weighted by Crippen LogP contribution is 2.35. The van der Waals surface area contributed by atoms with Crippen LogP contribution in [0.1, 0.15) is 41.5 Å². The molecule has 0 bridgehead atoms. The molecule has 0 radical (unpaired) electrons. The summed E-state index contributed by atoms with van der Waals surface area (Å²) in [6.45, 7) is 3.81. The first-order valence-electron chi connectivity index (χ1n) is 9.21. The monoisotopic (exact) mass is 371 g/mol. The molecule has 0 aliphatic carbocycles. The minimum absolute atomic E-state index is 0.0290. The maximum Gasteiger partial charge on any atom is 0.224 e. The first kappa shape index (κ1) is 19.2. The van der Waals surface area contributed by atoms with Crippen LogP contribution in [0.25, 0.3) is 0 Å². The van der Waals surface area contributed by atoms with Crippen molar-refractivity contribution < 1.29 is 18.4 Å². The average molecular weight is 371 g/mol. The largest absolute Gasteiger partial charge is 0.355 e. The molecule has 1 saturated heterocycles. The Hall–Kier alpha value is -2.56. The van der Waals surface area contributed by atoms with Gasteiger partial charge >= 0.3 is 0 Å². The number of benzene rings is 2. The number of amides is 1. The van der Waals surface area contributed by atoms with E-state index in [1.54, 1.807) is 6.92 Å². The maximum absolute atomic E-state index is 14.4. The highest BCUT2D eigenvalue weighted by Gasteiger charge is 2.39. The van der Waals surface area contributed by atoms with Crippen LogP contribution in [0.3, 0.4) is 0 Å². The van der Waals surface area contributed by atoms with Crippen molar-refractivity contribution in [1.29, 1.82) is 0 Å². The van der Waals surface area contributed by atoms with Crippen LogP contribution < -0.4 is 5.32 Å². The number of aryl methyl sites for hydroxylation is 2. The molecule has 1 aliphatic heterocycles. The standard InChI is InChI=1S/C22H23F2NO2/c1-3-14-4-6-15(7-5-14)10-16(26)11-17-18(12-25-22(17)27)21-19(23)8-13(2)9-20(21)24/h4-9,17-18H,3,10-12H2,1-2H3,(H,25,27)/t17-,18+/m0/s1. The van der Waals surface area contributed by atoms with E-state index in [4.69, 9.17) is 0 Å². The summed E-state index contributed by atoms with van der Waals surface area (Å²) in [7, 11) is 0. The van der Waals surface area contributed by atoms with Crippen LogP contribution in [-0.2, 0) is 22.4 Å². The number of rotatable bonds is 6. The summed E-state index contributed by atoms with van der Waals surface area (Å²) in [5.41, 5.74) is 2.44. The minimum Gasteiger partial charge on any atom is -0.355 e. The first-order chi connectivity index (χ1) is 12.9. The third-order valence-electron chi connectivity index (χ3n) is 5.19. The quantitative estimate of drug-likeness (QED) is 0.838. The summed E-state index contributed by atoms with van der Waals surface area (Å²) >= 11 is 0. The fourth-order valence-corrected chi connectivity index (χ4v) is 3.71. The molecule has 3 rings (SSSR count). The van der Waals surface area contributed by atoms with Crippen LogP contribution in [0.4, 0.5) is 8.78 Å². The van der Waals surface area contributed by atoms with Crippen molar-refractivity contribution in [3.63, 3.8) is 0 Å².